The van der Waals surface area contributed by atoms with Crippen LogP contribution in [-0.2, 0) is 26.5 Å². The molecule has 0 radical (unpaired) electrons. The summed E-state index contributed by atoms with van der Waals surface area (Å²) < 4.78 is 12.4. The maximum Gasteiger partial charge on any atom is 0.343 e. The van der Waals surface area contributed by atoms with E-state index in [9.17, 15) is 19.8 Å². The fraction of sp³-hybridized carbons (Fsp3) is 0.318. The molecule has 8 heteroatoms. The number of aliphatic hydroxyl groups excluding tert-OH is 1. The number of hydrogen-bond donors (Lipinski definition) is 2. The molecule has 1 aromatic carbocycles. The number of carbonyl (C=O) groups excluding carboxylic acids is 1. The Hall–Kier alpha value is -3.07. The van der Waals surface area contributed by atoms with Crippen LogP contribution in [0.2, 0.25) is 0 Å². The highest BCUT2D eigenvalue weighted by Crippen LogP contribution is 2.42. The number of hydrogen-bond acceptors (Lipinski definition) is 7. The van der Waals surface area contributed by atoms with E-state index in [-0.39, 0.29) is 37.4 Å². The first kappa shape index (κ1) is 18.9. The average molecular weight is 408 g/mol. The van der Waals surface area contributed by atoms with Gasteiger partial charge in [-0.2, -0.15) is 0 Å². The molecule has 154 valence electrons. The Morgan fingerprint density at radius 2 is 2.10 bits per heavy atom. The summed E-state index contributed by atoms with van der Waals surface area (Å²) in [4.78, 5) is 30.5. The molecule has 2 aliphatic rings. The Balaban J connectivity index is 1.82. The molecule has 30 heavy (non-hydrogen) atoms. The molecule has 0 bridgehead atoms. The van der Waals surface area contributed by atoms with Crippen molar-refractivity contribution in [3.63, 3.8) is 0 Å². The van der Waals surface area contributed by atoms with Gasteiger partial charge in [0.05, 0.1) is 35.7 Å². The molecule has 0 unspecified atom stereocenters. The molecular weight excluding hydrogens is 388 g/mol. The summed E-state index contributed by atoms with van der Waals surface area (Å²) in [6.45, 7) is 1.28. The van der Waals surface area contributed by atoms with Crippen molar-refractivity contribution in [3.05, 3.63) is 63.4 Å². The number of pyridine rings is 2. The third-order valence-corrected chi connectivity index (χ3v) is 5.85. The van der Waals surface area contributed by atoms with Crippen LogP contribution in [0.25, 0.3) is 22.3 Å². The van der Waals surface area contributed by atoms with Gasteiger partial charge in [-0.1, -0.05) is 25.1 Å². The minimum atomic E-state index is -1.89. The van der Waals surface area contributed by atoms with Gasteiger partial charge >= 0.3 is 5.97 Å². The Kier molecular flexibility index (Phi) is 4.25. The van der Waals surface area contributed by atoms with Gasteiger partial charge in [-0.15, -0.1) is 0 Å². The van der Waals surface area contributed by atoms with Crippen molar-refractivity contribution in [2.75, 3.05) is 13.2 Å². The molecule has 4 heterocycles. The van der Waals surface area contributed by atoms with Gasteiger partial charge in [0.25, 0.3) is 5.56 Å². The summed E-state index contributed by atoms with van der Waals surface area (Å²) in [5.74, 6) is -0.764. The summed E-state index contributed by atoms with van der Waals surface area (Å²) in [5, 5.41) is 21.1. The van der Waals surface area contributed by atoms with Gasteiger partial charge < -0.3 is 19.7 Å². The van der Waals surface area contributed by atoms with E-state index in [1.165, 1.54) is 4.57 Å². The SMILES string of the molecule is CC[C@@]1(O)C(=O)OCc2c1cc1n(c2=O)[C@@H](OCCO)c2cc3ccccc3nc2-1. The maximum atomic E-state index is 13.4. The zero-order chi connectivity index (χ0) is 21.0. The zero-order valence-corrected chi connectivity index (χ0v) is 16.3. The summed E-state index contributed by atoms with van der Waals surface area (Å²) in [6.07, 6.45) is -0.700. The van der Waals surface area contributed by atoms with Crippen molar-refractivity contribution >= 4 is 16.9 Å². The van der Waals surface area contributed by atoms with Gasteiger partial charge in [-0.3, -0.25) is 9.36 Å². The number of aliphatic hydroxyl groups is 2. The number of benzene rings is 1. The first-order valence-corrected chi connectivity index (χ1v) is 9.80. The number of aromatic nitrogens is 2. The van der Waals surface area contributed by atoms with E-state index < -0.39 is 23.4 Å². The van der Waals surface area contributed by atoms with Crippen LogP contribution in [0.1, 0.15) is 36.3 Å². The molecule has 0 aliphatic carbocycles. The van der Waals surface area contributed by atoms with Crippen molar-refractivity contribution < 1.29 is 24.5 Å². The number of carbonyl (C=O) groups is 1. The predicted octanol–water partition coefficient (Wildman–Crippen LogP) is 1.59. The molecule has 0 saturated carbocycles. The van der Waals surface area contributed by atoms with Gasteiger partial charge in [0.1, 0.15) is 6.61 Å². The Labute approximate surface area is 171 Å². The smallest absolute Gasteiger partial charge is 0.343 e. The van der Waals surface area contributed by atoms with Crippen LogP contribution in [0.4, 0.5) is 0 Å². The van der Waals surface area contributed by atoms with Crippen LogP contribution in [-0.4, -0.2) is 38.9 Å². The Morgan fingerprint density at radius 1 is 1.30 bits per heavy atom. The highest BCUT2D eigenvalue weighted by molar-refractivity contribution is 5.86. The van der Waals surface area contributed by atoms with Gasteiger partial charge in [0, 0.05) is 16.5 Å². The zero-order valence-electron chi connectivity index (χ0n) is 16.3. The normalized spacial score (nSPS) is 21.8. The molecule has 0 amide bonds. The van der Waals surface area contributed by atoms with E-state index in [1.807, 2.05) is 30.3 Å². The van der Waals surface area contributed by atoms with Crippen molar-refractivity contribution in [1.29, 1.82) is 0 Å². The summed E-state index contributed by atoms with van der Waals surface area (Å²) in [6, 6.07) is 11.1. The summed E-state index contributed by atoms with van der Waals surface area (Å²) in [5.41, 5.74) is 0.627. The molecule has 2 aliphatic heterocycles. The molecule has 2 atom stereocenters. The number of cyclic esters (lactones) is 1. The molecule has 2 N–H and O–H groups in total. The molecular formula is C22H20N2O6. The highest BCUT2D eigenvalue weighted by Gasteiger charge is 2.46. The molecule has 0 saturated heterocycles. The van der Waals surface area contributed by atoms with E-state index in [4.69, 9.17) is 14.5 Å². The van der Waals surface area contributed by atoms with Gasteiger partial charge in [-0.25, -0.2) is 9.78 Å². The Bertz CT molecular complexity index is 1250. The predicted molar refractivity (Wildman–Crippen MR) is 107 cm³/mol. The van der Waals surface area contributed by atoms with E-state index in [0.717, 1.165) is 10.9 Å². The first-order chi connectivity index (χ1) is 14.5. The van der Waals surface area contributed by atoms with Gasteiger partial charge in [0.15, 0.2) is 11.8 Å². The van der Waals surface area contributed by atoms with Crippen LogP contribution in [0.15, 0.2) is 41.2 Å². The monoisotopic (exact) mass is 408 g/mol. The molecule has 0 spiro atoms. The lowest BCUT2D eigenvalue weighted by Gasteiger charge is -2.32. The van der Waals surface area contributed by atoms with Crippen LogP contribution in [0.3, 0.4) is 0 Å². The summed E-state index contributed by atoms with van der Waals surface area (Å²) in [7, 11) is 0. The van der Waals surface area contributed by atoms with E-state index in [1.54, 1.807) is 13.0 Å². The molecule has 3 aromatic rings. The van der Waals surface area contributed by atoms with Crippen molar-refractivity contribution in [3.8, 4) is 11.4 Å². The quantitative estimate of drug-likeness (QED) is 0.631. The molecule has 0 fully saturated rings. The molecule has 8 nitrogen and oxygen atoms in total. The molecule has 2 aromatic heterocycles. The van der Waals surface area contributed by atoms with Crippen LogP contribution in [0, 0.1) is 0 Å². The number of fused-ring (bicyclic) bond motifs is 5. The largest absolute Gasteiger partial charge is 0.458 e. The fourth-order valence-corrected chi connectivity index (χ4v) is 4.28. The third kappa shape index (κ3) is 2.48. The van der Waals surface area contributed by atoms with E-state index in [2.05, 4.69) is 0 Å². The van der Waals surface area contributed by atoms with Gasteiger partial charge in [0.2, 0.25) is 0 Å². The Morgan fingerprint density at radius 3 is 2.87 bits per heavy atom. The molecule has 5 rings (SSSR count). The van der Waals surface area contributed by atoms with Crippen molar-refractivity contribution in [2.24, 2.45) is 0 Å². The summed E-state index contributed by atoms with van der Waals surface area (Å²) >= 11 is 0. The van der Waals surface area contributed by atoms with Gasteiger partial charge in [-0.05, 0) is 24.6 Å². The number of para-hydroxylation sites is 1. The maximum absolute atomic E-state index is 13.4. The standard InChI is InChI=1S/C22H20N2O6/c1-2-22(28)15-10-17-18-13(9-12-5-3-4-6-16(12)23-18)20(29-8-7-25)24(17)19(26)14(15)11-30-21(22)27/h3-6,9-10,20,25,28H,2,7-8,11H2,1H3/t20-,22-/m0/s1. The lowest BCUT2D eigenvalue weighted by atomic mass is 9.86. The van der Waals surface area contributed by atoms with Crippen LogP contribution >= 0.6 is 0 Å². The third-order valence-electron chi connectivity index (χ3n) is 5.85. The van der Waals surface area contributed by atoms with Crippen LogP contribution < -0.4 is 5.56 Å². The van der Waals surface area contributed by atoms with Crippen molar-refractivity contribution in [2.45, 2.75) is 31.8 Å². The first-order valence-electron chi connectivity index (χ1n) is 9.80. The number of ether oxygens (including phenoxy) is 2. The number of nitrogens with zero attached hydrogens (tertiary/aromatic N) is 2. The van der Waals surface area contributed by atoms with E-state index in [0.29, 0.717) is 17.0 Å². The second kappa shape index (κ2) is 6.73. The minimum Gasteiger partial charge on any atom is -0.458 e. The topological polar surface area (TPSA) is 111 Å². The second-order valence-electron chi connectivity index (χ2n) is 7.45. The second-order valence-corrected chi connectivity index (χ2v) is 7.45. The number of rotatable bonds is 4. The fourth-order valence-electron chi connectivity index (χ4n) is 4.28. The van der Waals surface area contributed by atoms with Crippen LogP contribution in [0.5, 0.6) is 0 Å². The van der Waals surface area contributed by atoms with E-state index >= 15 is 0 Å². The van der Waals surface area contributed by atoms with Crippen molar-refractivity contribution in [1.82, 2.24) is 9.55 Å². The number of esters is 1. The highest BCUT2D eigenvalue weighted by atomic mass is 16.6. The minimum absolute atomic E-state index is 0.0355. The lowest BCUT2D eigenvalue weighted by molar-refractivity contribution is -0.172. The average Bonchev–Trinajstić information content (AvgIpc) is 3.06. The lowest BCUT2D eigenvalue weighted by Crippen LogP contribution is -2.44.